The molecule has 0 bridgehead atoms. The van der Waals surface area contributed by atoms with Crippen molar-refractivity contribution in [1.82, 2.24) is 10.3 Å². The molecule has 0 saturated carbocycles. The van der Waals surface area contributed by atoms with Crippen LogP contribution in [0.3, 0.4) is 0 Å². The molecule has 1 aromatic heterocycles. The van der Waals surface area contributed by atoms with Gasteiger partial charge in [0, 0.05) is 12.1 Å². The lowest BCUT2D eigenvalue weighted by Gasteiger charge is -2.10. The first kappa shape index (κ1) is 13.5. The van der Waals surface area contributed by atoms with E-state index in [2.05, 4.69) is 22.4 Å². The zero-order valence-electron chi connectivity index (χ0n) is 12.3. The van der Waals surface area contributed by atoms with Crippen LogP contribution in [-0.4, -0.2) is 24.2 Å². The van der Waals surface area contributed by atoms with Crippen molar-refractivity contribution < 1.29 is 9.15 Å². The first-order valence-corrected chi connectivity index (χ1v) is 7.66. The summed E-state index contributed by atoms with van der Waals surface area (Å²) in [6, 6.07) is 16.0. The second kappa shape index (κ2) is 5.91. The summed E-state index contributed by atoms with van der Waals surface area (Å²) in [5.41, 5.74) is 3.87. The Morgan fingerprint density at radius 3 is 2.77 bits per heavy atom. The fourth-order valence-electron chi connectivity index (χ4n) is 2.72. The second-order valence-electron chi connectivity index (χ2n) is 5.61. The molecule has 1 saturated heterocycles. The summed E-state index contributed by atoms with van der Waals surface area (Å²) >= 11 is 0. The molecule has 4 nitrogen and oxygen atoms in total. The lowest BCUT2D eigenvalue weighted by atomic mass is 10.1. The molecule has 1 atom stereocenters. The van der Waals surface area contributed by atoms with Crippen LogP contribution < -0.4 is 5.32 Å². The lowest BCUT2D eigenvalue weighted by molar-refractivity contribution is 0.0542. The molecule has 3 aromatic rings. The van der Waals surface area contributed by atoms with E-state index < -0.39 is 0 Å². The van der Waals surface area contributed by atoms with Crippen LogP contribution in [0.2, 0.25) is 0 Å². The number of rotatable bonds is 4. The molecular formula is C18H18N2O2. The number of hydrogen-bond donors (Lipinski definition) is 1. The zero-order chi connectivity index (χ0) is 14.8. The average molecular weight is 294 g/mol. The number of aromatic nitrogens is 1. The first-order valence-electron chi connectivity index (χ1n) is 7.66. The molecule has 4 rings (SSSR count). The molecule has 1 fully saturated rings. The van der Waals surface area contributed by atoms with Crippen molar-refractivity contribution in [3.05, 3.63) is 54.1 Å². The van der Waals surface area contributed by atoms with Crippen LogP contribution in [0.15, 0.2) is 52.9 Å². The quantitative estimate of drug-likeness (QED) is 0.801. The highest BCUT2D eigenvalue weighted by molar-refractivity contribution is 5.75. The van der Waals surface area contributed by atoms with E-state index in [0.717, 1.165) is 36.2 Å². The third-order valence-electron chi connectivity index (χ3n) is 4.00. The minimum absolute atomic E-state index is 0.344. The number of para-hydroxylation sites is 2. The van der Waals surface area contributed by atoms with Gasteiger partial charge in [0.05, 0.1) is 12.7 Å². The molecule has 1 N–H and O–H groups in total. The minimum Gasteiger partial charge on any atom is -0.436 e. The molecule has 112 valence electrons. The highest BCUT2D eigenvalue weighted by Crippen LogP contribution is 2.24. The highest BCUT2D eigenvalue weighted by Gasteiger charge is 2.14. The number of oxazole rings is 1. The first-order chi connectivity index (χ1) is 10.9. The highest BCUT2D eigenvalue weighted by atomic mass is 16.5. The van der Waals surface area contributed by atoms with Crippen molar-refractivity contribution in [3.8, 4) is 11.5 Å². The van der Waals surface area contributed by atoms with E-state index in [0.29, 0.717) is 18.6 Å². The Morgan fingerprint density at radius 2 is 2.00 bits per heavy atom. The van der Waals surface area contributed by atoms with E-state index in [1.54, 1.807) is 0 Å². The van der Waals surface area contributed by atoms with Crippen molar-refractivity contribution >= 4 is 11.1 Å². The number of benzene rings is 2. The third-order valence-corrected chi connectivity index (χ3v) is 4.00. The Kier molecular flexibility index (Phi) is 3.62. The van der Waals surface area contributed by atoms with Gasteiger partial charge < -0.3 is 14.5 Å². The van der Waals surface area contributed by atoms with E-state index in [1.807, 2.05) is 36.4 Å². The van der Waals surface area contributed by atoms with Crippen molar-refractivity contribution in [2.24, 2.45) is 0 Å². The fourth-order valence-corrected chi connectivity index (χ4v) is 2.72. The standard InChI is InChI=1S/C18H18N2O2/c1-2-4-17-16(3-1)20-18(22-17)14-7-5-13(6-8-14)12-21-15-9-10-19-11-15/h1-8,15,19H,9-12H2. The maximum atomic E-state index is 5.88. The summed E-state index contributed by atoms with van der Waals surface area (Å²) in [6.07, 6.45) is 1.44. The predicted octanol–water partition coefficient (Wildman–Crippen LogP) is 3.37. The van der Waals surface area contributed by atoms with Crippen LogP contribution in [0.1, 0.15) is 12.0 Å². The van der Waals surface area contributed by atoms with Gasteiger partial charge in [-0.1, -0.05) is 24.3 Å². The largest absolute Gasteiger partial charge is 0.436 e. The number of nitrogens with zero attached hydrogens (tertiary/aromatic N) is 1. The Bertz CT molecular complexity index is 725. The molecule has 2 heterocycles. The van der Waals surface area contributed by atoms with Crippen LogP contribution >= 0.6 is 0 Å². The summed E-state index contributed by atoms with van der Waals surface area (Å²) < 4.78 is 11.7. The van der Waals surface area contributed by atoms with Gasteiger partial charge in [-0.3, -0.25) is 0 Å². The van der Waals surface area contributed by atoms with Gasteiger partial charge in [-0.05, 0) is 42.8 Å². The number of fused-ring (bicyclic) bond motifs is 1. The Morgan fingerprint density at radius 1 is 1.14 bits per heavy atom. The zero-order valence-corrected chi connectivity index (χ0v) is 12.3. The van der Waals surface area contributed by atoms with Gasteiger partial charge in [0.15, 0.2) is 5.58 Å². The molecule has 1 unspecified atom stereocenters. The van der Waals surface area contributed by atoms with E-state index in [4.69, 9.17) is 9.15 Å². The summed E-state index contributed by atoms with van der Waals surface area (Å²) in [4.78, 5) is 4.52. The smallest absolute Gasteiger partial charge is 0.227 e. The molecule has 2 aromatic carbocycles. The third kappa shape index (κ3) is 2.75. The molecule has 0 amide bonds. The summed E-state index contributed by atoms with van der Waals surface area (Å²) in [7, 11) is 0. The van der Waals surface area contributed by atoms with E-state index in [1.165, 1.54) is 5.56 Å². The maximum Gasteiger partial charge on any atom is 0.227 e. The molecule has 4 heteroatoms. The predicted molar refractivity (Wildman–Crippen MR) is 85.5 cm³/mol. The molecule has 1 aliphatic heterocycles. The Labute approximate surface area is 129 Å². The van der Waals surface area contributed by atoms with Crippen molar-refractivity contribution in [2.45, 2.75) is 19.1 Å². The van der Waals surface area contributed by atoms with Crippen LogP contribution in [0.5, 0.6) is 0 Å². The van der Waals surface area contributed by atoms with Crippen molar-refractivity contribution in [1.29, 1.82) is 0 Å². The van der Waals surface area contributed by atoms with Crippen molar-refractivity contribution in [2.75, 3.05) is 13.1 Å². The molecule has 0 aliphatic carbocycles. The summed E-state index contributed by atoms with van der Waals surface area (Å²) in [6.45, 7) is 2.67. The molecule has 22 heavy (non-hydrogen) atoms. The Hall–Kier alpha value is -2.17. The van der Waals surface area contributed by atoms with Crippen LogP contribution in [-0.2, 0) is 11.3 Å². The second-order valence-corrected chi connectivity index (χ2v) is 5.61. The monoisotopic (exact) mass is 294 g/mol. The SMILES string of the molecule is c1ccc2oc(-c3ccc(COC4CCNC4)cc3)nc2c1. The van der Waals surface area contributed by atoms with Crippen LogP contribution in [0, 0.1) is 0 Å². The summed E-state index contributed by atoms with van der Waals surface area (Å²) in [5, 5.41) is 3.31. The van der Waals surface area contributed by atoms with Gasteiger partial charge in [0.1, 0.15) is 5.52 Å². The van der Waals surface area contributed by atoms with Gasteiger partial charge in [-0.15, -0.1) is 0 Å². The van der Waals surface area contributed by atoms with Crippen LogP contribution in [0.4, 0.5) is 0 Å². The minimum atomic E-state index is 0.344. The average Bonchev–Trinajstić information content (AvgIpc) is 3.22. The van der Waals surface area contributed by atoms with Gasteiger partial charge in [0.25, 0.3) is 0 Å². The van der Waals surface area contributed by atoms with Crippen LogP contribution in [0.25, 0.3) is 22.6 Å². The summed E-state index contributed by atoms with van der Waals surface area (Å²) in [5.74, 6) is 0.661. The topological polar surface area (TPSA) is 47.3 Å². The van der Waals surface area contributed by atoms with Gasteiger partial charge in [0.2, 0.25) is 5.89 Å². The fraction of sp³-hybridized carbons (Fsp3) is 0.278. The normalized spacial score (nSPS) is 18.1. The molecular weight excluding hydrogens is 276 g/mol. The van der Waals surface area contributed by atoms with E-state index in [9.17, 15) is 0 Å². The van der Waals surface area contributed by atoms with E-state index >= 15 is 0 Å². The number of ether oxygens (including phenoxy) is 1. The lowest BCUT2D eigenvalue weighted by Crippen LogP contribution is -2.16. The molecule has 1 aliphatic rings. The Balaban J connectivity index is 1.48. The number of nitrogens with one attached hydrogen (secondary N) is 1. The molecule has 0 radical (unpaired) electrons. The van der Waals surface area contributed by atoms with Gasteiger partial charge in [-0.25, -0.2) is 4.98 Å². The maximum absolute atomic E-state index is 5.88. The van der Waals surface area contributed by atoms with Gasteiger partial charge in [-0.2, -0.15) is 0 Å². The van der Waals surface area contributed by atoms with Gasteiger partial charge >= 0.3 is 0 Å². The van der Waals surface area contributed by atoms with E-state index in [-0.39, 0.29) is 0 Å². The molecule has 0 spiro atoms. The van der Waals surface area contributed by atoms with Crippen molar-refractivity contribution in [3.63, 3.8) is 0 Å². The number of hydrogen-bond acceptors (Lipinski definition) is 4.